The van der Waals surface area contributed by atoms with E-state index in [0.717, 1.165) is 11.3 Å². The standard InChI is InChI=1S/C12H12N2O3/c15-8-9-2-1-3-11(4-9)14-7-10(6-13-14)5-12(16)17/h1-4,6-7,15H,5,8H2,(H,16,17). The number of hydrogen-bond donors (Lipinski definition) is 2. The first kappa shape index (κ1) is 11.3. The van der Waals surface area contributed by atoms with Crippen LogP contribution in [0.4, 0.5) is 0 Å². The summed E-state index contributed by atoms with van der Waals surface area (Å²) in [6.07, 6.45) is 3.16. The number of rotatable bonds is 4. The van der Waals surface area contributed by atoms with Gasteiger partial charge in [-0.05, 0) is 17.7 Å². The quantitative estimate of drug-likeness (QED) is 0.824. The van der Waals surface area contributed by atoms with Crippen molar-refractivity contribution in [3.05, 3.63) is 47.8 Å². The maximum atomic E-state index is 10.5. The fourth-order valence-corrected chi connectivity index (χ4v) is 1.56. The zero-order valence-electron chi connectivity index (χ0n) is 9.08. The lowest BCUT2D eigenvalue weighted by molar-refractivity contribution is -0.136. The zero-order chi connectivity index (χ0) is 12.3. The van der Waals surface area contributed by atoms with Crippen molar-refractivity contribution in [1.29, 1.82) is 0 Å². The number of carboxylic acid groups (broad SMARTS) is 1. The van der Waals surface area contributed by atoms with E-state index in [2.05, 4.69) is 5.10 Å². The van der Waals surface area contributed by atoms with Crippen LogP contribution in [0, 0.1) is 0 Å². The van der Waals surface area contributed by atoms with E-state index in [-0.39, 0.29) is 13.0 Å². The molecule has 1 aromatic carbocycles. The minimum atomic E-state index is -0.881. The second-order valence-electron chi connectivity index (χ2n) is 3.69. The lowest BCUT2D eigenvalue weighted by Crippen LogP contribution is -1.99. The molecule has 2 rings (SSSR count). The van der Waals surface area contributed by atoms with E-state index < -0.39 is 5.97 Å². The zero-order valence-corrected chi connectivity index (χ0v) is 9.08. The fourth-order valence-electron chi connectivity index (χ4n) is 1.56. The number of benzene rings is 1. The largest absolute Gasteiger partial charge is 0.481 e. The van der Waals surface area contributed by atoms with Crippen LogP contribution in [0.15, 0.2) is 36.7 Å². The molecule has 0 saturated carbocycles. The van der Waals surface area contributed by atoms with E-state index in [1.165, 1.54) is 6.20 Å². The van der Waals surface area contributed by atoms with Crippen molar-refractivity contribution in [1.82, 2.24) is 9.78 Å². The first-order chi connectivity index (χ1) is 8.19. The van der Waals surface area contributed by atoms with Crippen LogP contribution in [-0.2, 0) is 17.8 Å². The molecule has 5 heteroatoms. The summed E-state index contributed by atoms with van der Waals surface area (Å²) in [7, 11) is 0. The minimum Gasteiger partial charge on any atom is -0.481 e. The van der Waals surface area contributed by atoms with Gasteiger partial charge >= 0.3 is 5.97 Å². The molecule has 0 amide bonds. The van der Waals surface area contributed by atoms with E-state index in [1.807, 2.05) is 18.2 Å². The first-order valence-electron chi connectivity index (χ1n) is 5.14. The Morgan fingerprint density at radius 2 is 2.18 bits per heavy atom. The van der Waals surface area contributed by atoms with Crippen molar-refractivity contribution < 1.29 is 15.0 Å². The summed E-state index contributed by atoms with van der Waals surface area (Å²) in [6.45, 7) is -0.0307. The van der Waals surface area contributed by atoms with Crippen LogP contribution in [0.25, 0.3) is 5.69 Å². The van der Waals surface area contributed by atoms with Crippen LogP contribution < -0.4 is 0 Å². The molecular weight excluding hydrogens is 220 g/mol. The van der Waals surface area contributed by atoms with Gasteiger partial charge in [0.05, 0.1) is 24.9 Å². The number of aliphatic hydroxyl groups is 1. The van der Waals surface area contributed by atoms with Gasteiger partial charge in [-0.1, -0.05) is 12.1 Å². The molecule has 2 N–H and O–H groups in total. The summed E-state index contributed by atoms with van der Waals surface area (Å²) in [4.78, 5) is 10.5. The number of aliphatic carboxylic acids is 1. The van der Waals surface area contributed by atoms with E-state index in [1.54, 1.807) is 16.9 Å². The summed E-state index contributed by atoms with van der Waals surface area (Å²) < 4.78 is 1.59. The smallest absolute Gasteiger partial charge is 0.307 e. The van der Waals surface area contributed by atoms with Crippen LogP contribution in [-0.4, -0.2) is 26.0 Å². The van der Waals surface area contributed by atoms with Crippen LogP contribution in [0.2, 0.25) is 0 Å². The van der Waals surface area contributed by atoms with Crippen molar-refractivity contribution in [3.8, 4) is 5.69 Å². The highest BCUT2D eigenvalue weighted by Gasteiger charge is 2.05. The Morgan fingerprint density at radius 1 is 1.35 bits per heavy atom. The molecule has 0 saturated heterocycles. The number of hydrogen-bond acceptors (Lipinski definition) is 3. The predicted molar refractivity (Wildman–Crippen MR) is 60.8 cm³/mol. The summed E-state index contributed by atoms with van der Waals surface area (Å²) >= 11 is 0. The third-order valence-electron chi connectivity index (χ3n) is 2.35. The van der Waals surface area contributed by atoms with Gasteiger partial charge < -0.3 is 10.2 Å². The van der Waals surface area contributed by atoms with Crippen molar-refractivity contribution in [2.45, 2.75) is 13.0 Å². The summed E-state index contributed by atoms with van der Waals surface area (Å²) in [5.74, 6) is -0.881. The lowest BCUT2D eigenvalue weighted by atomic mass is 10.2. The van der Waals surface area contributed by atoms with Gasteiger partial charge in [0.15, 0.2) is 0 Å². The molecule has 0 fully saturated rings. The molecule has 17 heavy (non-hydrogen) atoms. The van der Waals surface area contributed by atoms with Gasteiger partial charge in [0.25, 0.3) is 0 Å². The number of nitrogens with zero attached hydrogens (tertiary/aromatic N) is 2. The number of carbonyl (C=O) groups is 1. The molecule has 0 radical (unpaired) electrons. The summed E-state index contributed by atoms with van der Waals surface area (Å²) in [6, 6.07) is 7.28. The second-order valence-corrected chi connectivity index (χ2v) is 3.69. The van der Waals surface area contributed by atoms with Gasteiger partial charge in [-0.3, -0.25) is 4.79 Å². The number of carboxylic acids is 1. The molecule has 0 atom stereocenters. The Kier molecular flexibility index (Phi) is 3.20. The van der Waals surface area contributed by atoms with Gasteiger partial charge in [0.1, 0.15) is 0 Å². The van der Waals surface area contributed by atoms with Crippen LogP contribution in [0.3, 0.4) is 0 Å². The molecule has 0 spiro atoms. The Bertz CT molecular complexity index is 534. The van der Waals surface area contributed by atoms with Crippen LogP contribution in [0.5, 0.6) is 0 Å². The molecule has 0 unspecified atom stereocenters. The highest BCUT2D eigenvalue weighted by atomic mass is 16.4. The van der Waals surface area contributed by atoms with Crippen LogP contribution in [0.1, 0.15) is 11.1 Å². The van der Waals surface area contributed by atoms with E-state index in [0.29, 0.717) is 5.56 Å². The Balaban J connectivity index is 2.26. The van der Waals surface area contributed by atoms with E-state index >= 15 is 0 Å². The second kappa shape index (κ2) is 4.80. The van der Waals surface area contributed by atoms with Crippen molar-refractivity contribution in [2.75, 3.05) is 0 Å². The molecule has 1 heterocycles. The highest BCUT2D eigenvalue weighted by molar-refractivity contribution is 5.69. The average Bonchev–Trinajstić information content (AvgIpc) is 2.77. The molecular formula is C12H12N2O3. The third kappa shape index (κ3) is 2.70. The maximum absolute atomic E-state index is 10.5. The molecule has 0 aliphatic heterocycles. The molecule has 0 aliphatic rings. The number of aromatic nitrogens is 2. The summed E-state index contributed by atoms with van der Waals surface area (Å²) in [5, 5.41) is 21.8. The SMILES string of the molecule is O=C(O)Cc1cnn(-c2cccc(CO)c2)c1. The Labute approximate surface area is 97.9 Å². The van der Waals surface area contributed by atoms with Crippen molar-refractivity contribution >= 4 is 5.97 Å². The van der Waals surface area contributed by atoms with Gasteiger partial charge in [0.2, 0.25) is 0 Å². The minimum absolute atomic E-state index is 0.0307. The molecule has 2 aromatic rings. The Hall–Kier alpha value is -2.14. The molecule has 0 aliphatic carbocycles. The van der Waals surface area contributed by atoms with Crippen molar-refractivity contribution in [2.24, 2.45) is 0 Å². The normalized spacial score (nSPS) is 10.4. The Morgan fingerprint density at radius 3 is 2.88 bits per heavy atom. The van der Waals surface area contributed by atoms with E-state index in [9.17, 15) is 4.79 Å². The molecule has 0 bridgehead atoms. The van der Waals surface area contributed by atoms with Gasteiger partial charge in [-0.2, -0.15) is 5.10 Å². The summed E-state index contributed by atoms with van der Waals surface area (Å²) in [5.41, 5.74) is 2.23. The van der Waals surface area contributed by atoms with E-state index in [4.69, 9.17) is 10.2 Å². The topological polar surface area (TPSA) is 75.3 Å². The van der Waals surface area contributed by atoms with Gasteiger partial charge in [-0.25, -0.2) is 4.68 Å². The third-order valence-corrected chi connectivity index (χ3v) is 2.35. The molecule has 1 aromatic heterocycles. The lowest BCUT2D eigenvalue weighted by Gasteiger charge is -2.02. The average molecular weight is 232 g/mol. The highest BCUT2D eigenvalue weighted by Crippen LogP contribution is 2.11. The fraction of sp³-hybridized carbons (Fsp3) is 0.167. The van der Waals surface area contributed by atoms with Crippen LogP contribution >= 0.6 is 0 Å². The molecule has 88 valence electrons. The maximum Gasteiger partial charge on any atom is 0.307 e. The van der Waals surface area contributed by atoms with Gasteiger partial charge in [0, 0.05) is 11.8 Å². The number of aliphatic hydroxyl groups excluding tert-OH is 1. The monoisotopic (exact) mass is 232 g/mol. The predicted octanol–water partition coefficient (Wildman–Crippen LogP) is 0.992. The first-order valence-corrected chi connectivity index (χ1v) is 5.14. The van der Waals surface area contributed by atoms with Gasteiger partial charge in [-0.15, -0.1) is 0 Å². The van der Waals surface area contributed by atoms with Crippen molar-refractivity contribution in [3.63, 3.8) is 0 Å². The molecule has 5 nitrogen and oxygen atoms in total.